The van der Waals surface area contributed by atoms with E-state index in [-0.39, 0.29) is 19.4 Å². The lowest BCUT2D eigenvalue weighted by molar-refractivity contribution is -0.332. The Bertz CT molecular complexity index is 1550. The van der Waals surface area contributed by atoms with Crippen molar-refractivity contribution in [2.75, 3.05) is 26.4 Å². The van der Waals surface area contributed by atoms with E-state index >= 15 is 0 Å². The molecule has 11 atom stereocenters. The van der Waals surface area contributed by atoms with Crippen LogP contribution in [0.5, 0.6) is 0 Å². The first-order valence-electron chi connectivity index (χ1n) is 29.9. The second-order valence-electron chi connectivity index (χ2n) is 20.8. The third-order valence-electron chi connectivity index (χ3n) is 14.0. The second-order valence-corrected chi connectivity index (χ2v) is 20.8. The molecule has 2 fully saturated rings. The number of aliphatic hydroxyl groups is 7. The van der Waals surface area contributed by atoms with Crippen LogP contribution in [0.1, 0.15) is 219 Å². The highest BCUT2D eigenvalue weighted by Crippen LogP contribution is 2.27. The Morgan fingerprint density at radius 2 is 0.829 bits per heavy atom. The summed E-state index contributed by atoms with van der Waals surface area (Å²) in [6.45, 7) is 2.45. The Balaban J connectivity index is 1.74. The van der Waals surface area contributed by atoms with E-state index in [1.807, 2.05) is 12.2 Å². The molecule has 0 aromatic rings. The van der Waals surface area contributed by atoms with Crippen LogP contribution in [0.3, 0.4) is 0 Å². The lowest BCUT2D eigenvalue weighted by Gasteiger charge is -2.42. The number of allylic oxidation sites excluding steroid dienone is 10. The van der Waals surface area contributed by atoms with Gasteiger partial charge in [0.1, 0.15) is 55.4 Å². The van der Waals surface area contributed by atoms with Crippen LogP contribution >= 0.6 is 0 Å². The van der Waals surface area contributed by atoms with Crippen molar-refractivity contribution in [1.29, 1.82) is 0 Å². The van der Waals surface area contributed by atoms with Crippen LogP contribution in [0, 0.1) is 0 Å². The molecule has 0 aliphatic carbocycles. The van der Waals surface area contributed by atoms with Crippen LogP contribution in [-0.2, 0) is 38.0 Å². The predicted molar refractivity (Wildman–Crippen MR) is 298 cm³/mol. The summed E-state index contributed by atoms with van der Waals surface area (Å²) in [7, 11) is 0. The maximum atomic E-state index is 13.0. The molecule has 0 bridgehead atoms. The first-order valence-corrected chi connectivity index (χ1v) is 29.9. The zero-order chi connectivity index (χ0) is 55.3. The minimum absolute atomic E-state index is 0.0864. The van der Waals surface area contributed by atoms with Gasteiger partial charge in [0.15, 0.2) is 18.7 Å². The van der Waals surface area contributed by atoms with E-state index in [1.165, 1.54) is 122 Å². The maximum absolute atomic E-state index is 13.0. The third-order valence-corrected chi connectivity index (χ3v) is 14.0. The van der Waals surface area contributed by atoms with Crippen LogP contribution in [-0.4, -0.2) is 142 Å². The summed E-state index contributed by atoms with van der Waals surface area (Å²) in [4.78, 5) is 25.9. The molecule has 0 spiro atoms. The van der Waals surface area contributed by atoms with Crippen LogP contribution in [0.25, 0.3) is 0 Å². The highest BCUT2D eigenvalue weighted by molar-refractivity contribution is 5.70. The molecule has 2 saturated heterocycles. The number of rotatable bonds is 47. The molecule has 0 aromatic carbocycles. The smallest absolute Gasteiger partial charge is 0.306 e. The summed E-state index contributed by atoms with van der Waals surface area (Å²) in [5, 5.41) is 72.3. The molecule has 2 heterocycles. The standard InChI is InChI=1S/C61H106O15/c1-3-5-7-9-11-13-15-17-19-21-22-23-24-25-26-28-29-31-33-35-37-39-41-43-52(63)71-46-49(74-53(64)44-42-40-38-36-34-32-30-27-20-18-16-14-12-10-8-6-4-2)47-72-60-59(70)57(68)55(66)51(76-60)48-73-61-58(69)56(67)54(65)50(45-62)75-61/h6,8,12,14,18,20,30,32,36,38,49-51,54-62,65-70H,3-5,7,9-11,13,15-17,19,21-29,31,33-35,37,39-48H2,1-2H3/b8-6+,14-12+,20-18+,32-30+,38-36+/t49-,50+,51+,54-,55-,56?,57?,58?,59?,60+,61+/m0/s1. The number of aliphatic hydroxyl groups excluding tert-OH is 7. The fourth-order valence-corrected chi connectivity index (χ4v) is 9.20. The maximum Gasteiger partial charge on any atom is 0.306 e. The molecule has 7 N–H and O–H groups in total. The molecule has 15 heteroatoms. The molecule has 0 radical (unpaired) electrons. The Hall–Kier alpha value is -2.80. The Kier molecular flexibility index (Phi) is 42.9. The van der Waals surface area contributed by atoms with Gasteiger partial charge in [0.2, 0.25) is 0 Å². The normalized spacial score (nSPS) is 24.8. The van der Waals surface area contributed by atoms with Gasteiger partial charge in [-0.1, -0.05) is 216 Å². The molecule has 2 aliphatic heterocycles. The van der Waals surface area contributed by atoms with E-state index < -0.39 is 99.3 Å². The van der Waals surface area contributed by atoms with Gasteiger partial charge in [-0.3, -0.25) is 9.59 Å². The van der Waals surface area contributed by atoms with E-state index in [2.05, 4.69) is 62.5 Å². The molecule has 4 unspecified atom stereocenters. The number of unbranched alkanes of at least 4 members (excludes halogenated alkanes) is 23. The van der Waals surface area contributed by atoms with Gasteiger partial charge in [-0.05, 0) is 51.4 Å². The van der Waals surface area contributed by atoms with Crippen molar-refractivity contribution >= 4 is 11.9 Å². The van der Waals surface area contributed by atoms with Crippen molar-refractivity contribution in [3.63, 3.8) is 0 Å². The summed E-state index contributed by atoms with van der Waals surface area (Å²) in [5.74, 6) is -0.987. The summed E-state index contributed by atoms with van der Waals surface area (Å²) < 4.78 is 33.6. The van der Waals surface area contributed by atoms with E-state index in [9.17, 15) is 45.3 Å². The highest BCUT2D eigenvalue weighted by Gasteiger charge is 2.47. The molecule has 15 nitrogen and oxygen atoms in total. The molecular formula is C61H106O15. The minimum atomic E-state index is -1.78. The van der Waals surface area contributed by atoms with Crippen molar-refractivity contribution in [3.05, 3.63) is 60.8 Å². The van der Waals surface area contributed by atoms with Crippen LogP contribution in [0.15, 0.2) is 60.8 Å². The van der Waals surface area contributed by atoms with Gasteiger partial charge in [-0.2, -0.15) is 0 Å². The lowest BCUT2D eigenvalue weighted by atomic mass is 9.98. The molecule has 0 amide bonds. The average molecular weight is 1080 g/mol. The van der Waals surface area contributed by atoms with E-state index in [1.54, 1.807) is 0 Å². The summed E-state index contributed by atoms with van der Waals surface area (Å²) in [6, 6.07) is 0. The average Bonchev–Trinajstić information content (AvgIpc) is 3.41. The zero-order valence-corrected chi connectivity index (χ0v) is 47.0. The minimum Gasteiger partial charge on any atom is -0.462 e. The summed E-state index contributed by atoms with van der Waals surface area (Å²) in [5.41, 5.74) is 0. The van der Waals surface area contributed by atoms with Crippen molar-refractivity contribution < 1.29 is 73.8 Å². The van der Waals surface area contributed by atoms with Crippen molar-refractivity contribution in [2.45, 2.75) is 287 Å². The largest absolute Gasteiger partial charge is 0.462 e. The van der Waals surface area contributed by atoms with Gasteiger partial charge in [-0.15, -0.1) is 0 Å². The van der Waals surface area contributed by atoms with Gasteiger partial charge in [0.05, 0.1) is 19.8 Å². The molecule has 2 aliphatic rings. The van der Waals surface area contributed by atoms with E-state index in [0.29, 0.717) is 19.3 Å². The van der Waals surface area contributed by atoms with Crippen LogP contribution < -0.4 is 0 Å². The number of hydrogen-bond donors (Lipinski definition) is 7. The van der Waals surface area contributed by atoms with Crippen LogP contribution in [0.4, 0.5) is 0 Å². The van der Waals surface area contributed by atoms with Crippen LogP contribution in [0.2, 0.25) is 0 Å². The molecule has 2 rings (SSSR count). The summed E-state index contributed by atoms with van der Waals surface area (Å²) in [6.07, 6.45) is 39.7. The fraction of sp³-hybridized carbons (Fsp3) is 0.803. The van der Waals surface area contributed by atoms with Crippen molar-refractivity contribution in [3.8, 4) is 0 Å². The predicted octanol–water partition coefficient (Wildman–Crippen LogP) is 10.4. The van der Waals surface area contributed by atoms with Crippen molar-refractivity contribution in [1.82, 2.24) is 0 Å². The molecular weight excluding hydrogens is 973 g/mol. The molecule has 0 aromatic heterocycles. The number of carbonyl (C=O) groups excluding carboxylic acids is 2. The quantitative estimate of drug-likeness (QED) is 0.0171. The Morgan fingerprint density at radius 1 is 0.434 bits per heavy atom. The Labute approximate surface area is 458 Å². The second kappa shape index (κ2) is 47.1. The monoisotopic (exact) mass is 1080 g/mol. The topological polar surface area (TPSA) is 231 Å². The lowest BCUT2D eigenvalue weighted by Crippen LogP contribution is -2.61. The fourth-order valence-electron chi connectivity index (χ4n) is 9.20. The van der Waals surface area contributed by atoms with E-state index in [4.69, 9.17) is 28.4 Å². The SMILES string of the molecule is CC/C=C/C/C=C/C/C=C/C/C=C/C/C=C/CCCC(=O)O[C@@H](COC(=O)CCCCCCCCCCCCCCCCCCCCCCCCC)CO[C@@H]1O[C@H](CO[C@@H]2O[C@H](CO)[C@H](O)C(O)C2O)[C@H](O)C(O)C1O. The number of ether oxygens (including phenoxy) is 6. The summed E-state index contributed by atoms with van der Waals surface area (Å²) >= 11 is 0. The Morgan fingerprint density at radius 3 is 1.29 bits per heavy atom. The first kappa shape index (κ1) is 69.3. The highest BCUT2D eigenvalue weighted by atomic mass is 16.7. The first-order chi connectivity index (χ1) is 37.0. The van der Waals surface area contributed by atoms with Gasteiger partial charge in [0.25, 0.3) is 0 Å². The molecule has 0 saturated carbocycles. The molecule has 76 heavy (non-hydrogen) atoms. The van der Waals surface area contributed by atoms with Gasteiger partial charge < -0.3 is 64.2 Å². The van der Waals surface area contributed by atoms with Crippen molar-refractivity contribution in [2.24, 2.45) is 0 Å². The number of carbonyl (C=O) groups is 2. The van der Waals surface area contributed by atoms with Gasteiger partial charge in [-0.25, -0.2) is 0 Å². The zero-order valence-electron chi connectivity index (χ0n) is 47.0. The third kappa shape index (κ3) is 33.6. The number of hydrogen-bond acceptors (Lipinski definition) is 15. The van der Waals surface area contributed by atoms with Gasteiger partial charge in [0, 0.05) is 12.8 Å². The number of esters is 2. The molecule has 440 valence electrons. The van der Waals surface area contributed by atoms with Gasteiger partial charge >= 0.3 is 11.9 Å². The van der Waals surface area contributed by atoms with E-state index in [0.717, 1.165) is 51.4 Å².